The topological polar surface area (TPSA) is 48.1 Å². The number of ether oxygens (including phenoxy) is 1. The van der Waals surface area contributed by atoms with Gasteiger partial charge in [0.1, 0.15) is 11.5 Å². The van der Waals surface area contributed by atoms with Crippen LogP contribution in [0.4, 0.5) is 5.69 Å². The molecule has 0 fully saturated rings. The van der Waals surface area contributed by atoms with Crippen molar-refractivity contribution >= 4 is 28.2 Å². The number of anilines is 1. The number of pyridine rings is 1. The molecule has 3 aromatic rings. The second-order valence-corrected chi connectivity index (χ2v) is 5.00. The molecule has 2 aromatic carbocycles. The third-order valence-corrected chi connectivity index (χ3v) is 3.35. The molecule has 0 radical (unpaired) electrons. The summed E-state index contributed by atoms with van der Waals surface area (Å²) in [6.45, 7) is 1.96. The highest BCUT2D eigenvalue weighted by molar-refractivity contribution is 6.30. The van der Waals surface area contributed by atoms with Crippen molar-refractivity contribution in [1.29, 1.82) is 0 Å². The number of nitrogen functional groups attached to an aromatic ring is 1. The SMILES string of the molecule is Cc1cc(Cl)ccc1Oc1ccc(N)c2ncccc12. The molecule has 0 aliphatic carbocycles. The number of aryl methyl sites for hydroxylation is 1. The smallest absolute Gasteiger partial charge is 0.136 e. The molecule has 1 aromatic heterocycles. The Hall–Kier alpha value is -2.26. The third kappa shape index (κ3) is 2.28. The number of aromatic nitrogens is 1. The highest BCUT2D eigenvalue weighted by atomic mass is 35.5. The lowest BCUT2D eigenvalue weighted by molar-refractivity contribution is 0.484. The standard InChI is InChI=1S/C16H13ClN2O/c1-10-9-11(17)4-6-14(10)20-15-7-5-13(18)16-12(15)3-2-8-19-16/h2-9H,18H2,1H3. The maximum Gasteiger partial charge on any atom is 0.136 e. The van der Waals surface area contributed by atoms with Crippen molar-refractivity contribution in [2.75, 3.05) is 5.73 Å². The van der Waals surface area contributed by atoms with E-state index in [1.165, 1.54) is 0 Å². The quantitative estimate of drug-likeness (QED) is 0.701. The summed E-state index contributed by atoms with van der Waals surface area (Å²) in [5.74, 6) is 1.50. The first-order valence-corrected chi connectivity index (χ1v) is 6.60. The summed E-state index contributed by atoms with van der Waals surface area (Å²) < 4.78 is 5.98. The molecule has 0 amide bonds. The Bertz CT molecular complexity index is 787. The van der Waals surface area contributed by atoms with E-state index in [4.69, 9.17) is 22.1 Å². The van der Waals surface area contributed by atoms with E-state index >= 15 is 0 Å². The van der Waals surface area contributed by atoms with Crippen molar-refractivity contribution in [1.82, 2.24) is 4.98 Å². The summed E-state index contributed by atoms with van der Waals surface area (Å²) in [5, 5.41) is 1.58. The first-order chi connectivity index (χ1) is 9.65. The van der Waals surface area contributed by atoms with Gasteiger partial charge in [0.25, 0.3) is 0 Å². The van der Waals surface area contributed by atoms with Crippen LogP contribution in [0.1, 0.15) is 5.56 Å². The molecular weight excluding hydrogens is 272 g/mol. The van der Waals surface area contributed by atoms with Gasteiger partial charge in [0.05, 0.1) is 11.2 Å². The molecule has 4 heteroatoms. The first kappa shape index (κ1) is 12.8. The molecular formula is C16H13ClN2O. The number of nitrogens with zero attached hydrogens (tertiary/aromatic N) is 1. The van der Waals surface area contributed by atoms with Crippen LogP contribution in [0.3, 0.4) is 0 Å². The second-order valence-electron chi connectivity index (χ2n) is 4.56. The minimum Gasteiger partial charge on any atom is -0.456 e. The average molecular weight is 285 g/mol. The van der Waals surface area contributed by atoms with Crippen LogP contribution in [0.2, 0.25) is 5.02 Å². The predicted molar refractivity (Wildman–Crippen MR) is 82.4 cm³/mol. The molecule has 20 heavy (non-hydrogen) atoms. The van der Waals surface area contributed by atoms with E-state index in [-0.39, 0.29) is 0 Å². The highest BCUT2D eigenvalue weighted by Crippen LogP contribution is 2.33. The Morgan fingerprint density at radius 2 is 1.90 bits per heavy atom. The van der Waals surface area contributed by atoms with Crippen LogP contribution in [0.25, 0.3) is 10.9 Å². The van der Waals surface area contributed by atoms with Crippen molar-refractivity contribution in [2.45, 2.75) is 6.92 Å². The number of rotatable bonds is 2. The Balaban J connectivity index is 2.09. The van der Waals surface area contributed by atoms with Gasteiger partial charge in [-0.2, -0.15) is 0 Å². The lowest BCUT2D eigenvalue weighted by Gasteiger charge is -2.12. The van der Waals surface area contributed by atoms with Crippen LogP contribution in [0.5, 0.6) is 11.5 Å². The van der Waals surface area contributed by atoms with Crippen molar-refractivity contribution in [2.24, 2.45) is 0 Å². The van der Waals surface area contributed by atoms with Crippen LogP contribution in [-0.4, -0.2) is 4.98 Å². The number of halogens is 1. The monoisotopic (exact) mass is 284 g/mol. The first-order valence-electron chi connectivity index (χ1n) is 6.22. The molecule has 0 spiro atoms. The van der Waals surface area contributed by atoms with Crippen LogP contribution >= 0.6 is 11.6 Å². The van der Waals surface area contributed by atoms with E-state index in [9.17, 15) is 0 Å². The van der Waals surface area contributed by atoms with Gasteiger partial charge in [0, 0.05) is 16.6 Å². The molecule has 2 N–H and O–H groups in total. The van der Waals surface area contributed by atoms with E-state index in [2.05, 4.69) is 4.98 Å². The maximum absolute atomic E-state index is 5.98. The van der Waals surface area contributed by atoms with Crippen LogP contribution < -0.4 is 10.5 Å². The van der Waals surface area contributed by atoms with E-state index in [0.717, 1.165) is 28.0 Å². The van der Waals surface area contributed by atoms with E-state index in [0.29, 0.717) is 10.7 Å². The van der Waals surface area contributed by atoms with E-state index in [1.54, 1.807) is 12.3 Å². The van der Waals surface area contributed by atoms with Gasteiger partial charge in [-0.1, -0.05) is 11.6 Å². The lowest BCUT2D eigenvalue weighted by atomic mass is 10.1. The summed E-state index contributed by atoms with van der Waals surface area (Å²) in [5.41, 5.74) is 8.30. The minimum absolute atomic E-state index is 0.640. The van der Waals surface area contributed by atoms with Gasteiger partial charge >= 0.3 is 0 Å². The Labute approximate surface area is 122 Å². The maximum atomic E-state index is 5.98. The molecule has 100 valence electrons. The molecule has 0 aliphatic rings. The molecule has 0 bridgehead atoms. The molecule has 0 atom stereocenters. The Morgan fingerprint density at radius 3 is 2.70 bits per heavy atom. The number of nitrogens with two attached hydrogens (primary N) is 1. The third-order valence-electron chi connectivity index (χ3n) is 3.12. The molecule has 0 unspecified atom stereocenters. The second kappa shape index (κ2) is 5.02. The summed E-state index contributed by atoms with van der Waals surface area (Å²) in [6, 6.07) is 13.0. The van der Waals surface area contributed by atoms with Gasteiger partial charge in [-0.3, -0.25) is 4.98 Å². The van der Waals surface area contributed by atoms with Gasteiger partial charge in [-0.15, -0.1) is 0 Å². The molecule has 3 rings (SSSR count). The van der Waals surface area contributed by atoms with Gasteiger partial charge in [0.15, 0.2) is 0 Å². The molecule has 0 aliphatic heterocycles. The number of fused-ring (bicyclic) bond motifs is 1. The molecule has 0 saturated carbocycles. The van der Waals surface area contributed by atoms with Crippen LogP contribution in [0, 0.1) is 6.92 Å². The fourth-order valence-corrected chi connectivity index (χ4v) is 2.33. The highest BCUT2D eigenvalue weighted by Gasteiger charge is 2.08. The zero-order valence-electron chi connectivity index (χ0n) is 10.9. The summed E-state index contributed by atoms with van der Waals surface area (Å²) in [6.07, 6.45) is 1.72. The average Bonchev–Trinajstić information content (AvgIpc) is 2.45. The fourth-order valence-electron chi connectivity index (χ4n) is 2.10. The largest absolute Gasteiger partial charge is 0.456 e. The normalized spacial score (nSPS) is 10.7. The molecule has 1 heterocycles. The zero-order valence-corrected chi connectivity index (χ0v) is 11.7. The van der Waals surface area contributed by atoms with E-state index in [1.807, 2.05) is 43.3 Å². The molecule has 0 saturated heterocycles. The molecule has 3 nitrogen and oxygen atoms in total. The van der Waals surface area contributed by atoms with Crippen LogP contribution in [-0.2, 0) is 0 Å². The Kier molecular flexibility index (Phi) is 3.20. The number of hydrogen-bond acceptors (Lipinski definition) is 3. The van der Waals surface area contributed by atoms with Crippen molar-refractivity contribution < 1.29 is 4.74 Å². The van der Waals surface area contributed by atoms with Gasteiger partial charge in [-0.25, -0.2) is 0 Å². The number of hydrogen-bond donors (Lipinski definition) is 1. The van der Waals surface area contributed by atoms with Gasteiger partial charge in [0.2, 0.25) is 0 Å². The van der Waals surface area contributed by atoms with Crippen molar-refractivity contribution in [3.63, 3.8) is 0 Å². The summed E-state index contributed by atoms with van der Waals surface area (Å²) in [7, 11) is 0. The number of benzene rings is 2. The zero-order chi connectivity index (χ0) is 14.1. The van der Waals surface area contributed by atoms with Crippen molar-refractivity contribution in [3.05, 3.63) is 59.2 Å². The van der Waals surface area contributed by atoms with Gasteiger partial charge in [-0.05, 0) is 55.0 Å². The van der Waals surface area contributed by atoms with Gasteiger partial charge < -0.3 is 10.5 Å². The fraction of sp³-hybridized carbons (Fsp3) is 0.0625. The summed E-state index contributed by atoms with van der Waals surface area (Å²) >= 11 is 5.95. The van der Waals surface area contributed by atoms with Crippen molar-refractivity contribution in [3.8, 4) is 11.5 Å². The van der Waals surface area contributed by atoms with E-state index < -0.39 is 0 Å². The summed E-state index contributed by atoms with van der Waals surface area (Å²) in [4.78, 5) is 4.29. The predicted octanol–water partition coefficient (Wildman–Crippen LogP) is 4.57. The lowest BCUT2D eigenvalue weighted by Crippen LogP contribution is -1.93. The van der Waals surface area contributed by atoms with Crippen LogP contribution in [0.15, 0.2) is 48.7 Å². The minimum atomic E-state index is 0.640. The Morgan fingerprint density at radius 1 is 1.10 bits per heavy atom.